The Morgan fingerprint density at radius 3 is 2.47 bits per heavy atom. The Kier molecular flexibility index (Phi) is 9.95. The van der Waals surface area contributed by atoms with E-state index >= 15 is 0 Å². The number of fused-ring (bicyclic) bond motifs is 1. The molecular weight excluding hydrogens is 476 g/mol. The number of hydrogen-bond donors (Lipinski definition) is 2. The molecule has 0 bridgehead atoms. The second-order valence-corrected chi connectivity index (χ2v) is 9.02. The van der Waals surface area contributed by atoms with Crippen LogP contribution in [0.4, 0.5) is 4.39 Å². The molecule has 1 fully saturated rings. The molecule has 8 heteroatoms. The maximum atomic E-state index is 13.5. The lowest BCUT2D eigenvalue weighted by Gasteiger charge is -2.46. The number of carbonyl (C=O) groups is 1. The van der Waals surface area contributed by atoms with Crippen molar-refractivity contribution in [2.75, 3.05) is 21.2 Å². The first-order valence-electron chi connectivity index (χ1n) is 11.3. The van der Waals surface area contributed by atoms with E-state index in [0.29, 0.717) is 6.42 Å². The highest BCUT2D eigenvalue weighted by Gasteiger charge is 2.39. The van der Waals surface area contributed by atoms with E-state index in [1.54, 1.807) is 6.07 Å². The van der Waals surface area contributed by atoms with Crippen molar-refractivity contribution < 1.29 is 13.9 Å². The van der Waals surface area contributed by atoms with Crippen LogP contribution < -0.4 is 5.32 Å². The summed E-state index contributed by atoms with van der Waals surface area (Å²) >= 11 is 0. The van der Waals surface area contributed by atoms with Gasteiger partial charge >= 0.3 is 5.97 Å². The highest BCUT2D eigenvalue weighted by Crippen LogP contribution is 2.41. The fraction of sp³-hybridized carbons (Fsp3) is 0.423. The summed E-state index contributed by atoms with van der Waals surface area (Å²) < 4.78 is 18.6. The molecule has 2 aromatic carbocycles. The van der Waals surface area contributed by atoms with Crippen molar-refractivity contribution in [1.82, 2.24) is 15.2 Å². The fourth-order valence-electron chi connectivity index (χ4n) is 5.19. The normalized spacial score (nSPS) is 20.9. The van der Waals surface area contributed by atoms with Gasteiger partial charge < -0.3 is 15.0 Å². The minimum atomic E-state index is -0.447. The molecule has 0 amide bonds. The van der Waals surface area contributed by atoms with Crippen molar-refractivity contribution in [3.8, 4) is 0 Å². The predicted molar refractivity (Wildman–Crippen MR) is 139 cm³/mol. The Morgan fingerprint density at radius 1 is 1.18 bits per heavy atom. The number of rotatable bonds is 7. The van der Waals surface area contributed by atoms with Crippen LogP contribution in [0.15, 0.2) is 54.7 Å². The number of benzene rings is 2. The van der Waals surface area contributed by atoms with Crippen molar-refractivity contribution in [2.45, 2.75) is 49.7 Å². The number of nitrogens with zero attached hydrogens (tertiary/aromatic N) is 1. The standard InChI is InChI=1S/C26H32FN3O2.2ClH/c1-30(2)26(19-7-5-4-6-8-19)13-11-21(12-14-26)29-24(25(31)32-3)15-18-17-28-23-16-20(27)9-10-22(18)23;;/h4-10,16-17,21,24,28-29H,11-15H2,1-3H3;2*1H. The average Bonchev–Trinajstić information content (AvgIpc) is 3.20. The van der Waals surface area contributed by atoms with E-state index in [9.17, 15) is 9.18 Å². The Bertz CT molecular complexity index is 1070. The number of halogens is 3. The first kappa shape index (κ1) is 28.1. The minimum Gasteiger partial charge on any atom is -0.468 e. The van der Waals surface area contributed by atoms with Gasteiger partial charge in [-0.1, -0.05) is 30.3 Å². The molecule has 0 saturated heterocycles. The molecule has 1 unspecified atom stereocenters. The van der Waals surface area contributed by atoms with Gasteiger partial charge in [-0.15, -0.1) is 24.8 Å². The van der Waals surface area contributed by atoms with Gasteiger partial charge in [0.2, 0.25) is 0 Å². The lowest BCUT2D eigenvalue weighted by Crippen LogP contribution is -2.51. The highest BCUT2D eigenvalue weighted by molar-refractivity contribution is 5.86. The first-order chi connectivity index (χ1) is 15.4. The SMILES string of the molecule is COC(=O)C(Cc1c[nH]c2cc(F)ccc12)NC1CCC(c2ccccc2)(N(C)C)CC1.Cl.Cl. The third kappa shape index (κ3) is 5.74. The number of esters is 1. The summed E-state index contributed by atoms with van der Waals surface area (Å²) in [6.07, 6.45) is 6.32. The van der Waals surface area contributed by atoms with E-state index in [-0.39, 0.29) is 48.2 Å². The average molecular weight is 510 g/mol. The van der Waals surface area contributed by atoms with Crippen molar-refractivity contribution >= 4 is 41.7 Å². The van der Waals surface area contributed by atoms with E-state index in [1.165, 1.54) is 24.8 Å². The van der Waals surface area contributed by atoms with Crippen LogP contribution >= 0.6 is 24.8 Å². The molecule has 3 aromatic rings. The van der Waals surface area contributed by atoms with E-state index in [0.717, 1.165) is 42.1 Å². The smallest absolute Gasteiger partial charge is 0.323 e. The van der Waals surface area contributed by atoms with Crippen molar-refractivity contribution in [3.63, 3.8) is 0 Å². The Labute approximate surface area is 213 Å². The number of ether oxygens (including phenoxy) is 1. The summed E-state index contributed by atoms with van der Waals surface area (Å²) in [7, 11) is 5.73. The van der Waals surface area contributed by atoms with Gasteiger partial charge in [-0.05, 0) is 69.1 Å². The maximum Gasteiger partial charge on any atom is 0.323 e. The zero-order valence-corrected chi connectivity index (χ0v) is 21.5. The topological polar surface area (TPSA) is 57.4 Å². The summed E-state index contributed by atoms with van der Waals surface area (Å²) in [6.45, 7) is 0. The van der Waals surface area contributed by atoms with Crippen molar-refractivity contribution in [1.29, 1.82) is 0 Å². The van der Waals surface area contributed by atoms with Gasteiger partial charge in [0.25, 0.3) is 0 Å². The maximum absolute atomic E-state index is 13.5. The fourth-order valence-corrected chi connectivity index (χ4v) is 5.19. The molecule has 1 heterocycles. The molecule has 1 saturated carbocycles. The molecule has 1 aliphatic carbocycles. The first-order valence-corrected chi connectivity index (χ1v) is 11.3. The molecule has 0 radical (unpaired) electrons. The second-order valence-electron chi connectivity index (χ2n) is 9.02. The zero-order chi connectivity index (χ0) is 22.7. The van der Waals surface area contributed by atoms with E-state index in [2.05, 4.69) is 59.6 Å². The van der Waals surface area contributed by atoms with Gasteiger partial charge in [0.15, 0.2) is 0 Å². The molecule has 0 spiro atoms. The van der Waals surface area contributed by atoms with Crippen LogP contribution in [0.2, 0.25) is 0 Å². The largest absolute Gasteiger partial charge is 0.468 e. The molecule has 5 nitrogen and oxygen atoms in total. The third-order valence-electron chi connectivity index (χ3n) is 7.06. The molecule has 1 aromatic heterocycles. The van der Waals surface area contributed by atoms with Crippen LogP contribution in [0.25, 0.3) is 10.9 Å². The van der Waals surface area contributed by atoms with Crippen LogP contribution in [0.3, 0.4) is 0 Å². The zero-order valence-electron chi connectivity index (χ0n) is 19.8. The molecule has 1 atom stereocenters. The van der Waals surface area contributed by atoms with Crippen LogP contribution in [0, 0.1) is 5.82 Å². The molecule has 0 aliphatic heterocycles. The van der Waals surface area contributed by atoms with Gasteiger partial charge in [0, 0.05) is 35.1 Å². The molecule has 186 valence electrons. The molecule has 34 heavy (non-hydrogen) atoms. The quantitative estimate of drug-likeness (QED) is 0.428. The number of hydrogen-bond acceptors (Lipinski definition) is 4. The molecule has 1 aliphatic rings. The lowest BCUT2D eigenvalue weighted by molar-refractivity contribution is -0.143. The number of aromatic nitrogens is 1. The van der Waals surface area contributed by atoms with E-state index in [4.69, 9.17) is 4.74 Å². The number of H-pyrrole nitrogens is 1. The lowest BCUT2D eigenvalue weighted by atomic mass is 9.74. The highest BCUT2D eigenvalue weighted by atomic mass is 35.5. The molecule has 2 N–H and O–H groups in total. The molecular formula is C26H34Cl2FN3O2. The number of methoxy groups -OCH3 is 1. The monoisotopic (exact) mass is 509 g/mol. The van der Waals surface area contributed by atoms with E-state index < -0.39 is 6.04 Å². The summed E-state index contributed by atoms with van der Waals surface area (Å²) in [5.41, 5.74) is 3.07. The minimum absolute atomic E-state index is 0. The van der Waals surface area contributed by atoms with Gasteiger partial charge in [-0.25, -0.2) is 4.39 Å². The van der Waals surface area contributed by atoms with Crippen LogP contribution in [0.1, 0.15) is 36.8 Å². The number of nitrogens with one attached hydrogen (secondary N) is 2. The van der Waals surface area contributed by atoms with Crippen LogP contribution in [-0.4, -0.2) is 49.1 Å². The number of carbonyl (C=O) groups excluding carboxylic acids is 1. The van der Waals surface area contributed by atoms with E-state index in [1.807, 2.05) is 6.20 Å². The Morgan fingerprint density at radius 2 is 1.85 bits per heavy atom. The van der Waals surface area contributed by atoms with Crippen LogP contribution in [0.5, 0.6) is 0 Å². The summed E-state index contributed by atoms with van der Waals surface area (Å²) in [5.74, 6) is -0.549. The Hall–Kier alpha value is -2.12. The van der Waals surface area contributed by atoms with Gasteiger partial charge in [0.05, 0.1) is 7.11 Å². The van der Waals surface area contributed by atoms with Gasteiger partial charge in [-0.2, -0.15) is 0 Å². The Balaban J connectivity index is 0.00000204. The van der Waals surface area contributed by atoms with Crippen LogP contribution in [-0.2, 0) is 21.5 Å². The predicted octanol–water partition coefficient (Wildman–Crippen LogP) is 5.22. The number of aromatic amines is 1. The second kappa shape index (κ2) is 12.0. The summed E-state index contributed by atoms with van der Waals surface area (Å²) in [6, 6.07) is 15.2. The summed E-state index contributed by atoms with van der Waals surface area (Å²) in [4.78, 5) is 18.0. The van der Waals surface area contributed by atoms with Gasteiger partial charge in [-0.3, -0.25) is 9.69 Å². The summed E-state index contributed by atoms with van der Waals surface area (Å²) in [5, 5.41) is 4.50. The van der Waals surface area contributed by atoms with Crippen molar-refractivity contribution in [3.05, 3.63) is 71.7 Å². The third-order valence-corrected chi connectivity index (χ3v) is 7.06. The van der Waals surface area contributed by atoms with Crippen molar-refractivity contribution in [2.24, 2.45) is 0 Å². The van der Waals surface area contributed by atoms with Gasteiger partial charge in [0.1, 0.15) is 11.9 Å². The molecule has 4 rings (SSSR count).